The fraction of sp³-hybridized carbons (Fsp3) is 0.688. The lowest BCUT2D eigenvalue weighted by atomic mass is 10.3. The smallest absolute Gasteiger partial charge is 0.226 e. The van der Waals surface area contributed by atoms with Gasteiger partial charge < -0.3 is 14.7 Å². The van der Waals surface area contributed by atoms with E-state index >= 15 is 0 Å². The monoisotopic (exact) mass is 318 g/mol. The molecule has 1 aromatic rings. The van der Waals surface area contributed by atoms with Crippen LogP contribution in [0.4, 0.5) is 11.8 Å². The Morgan fingerprint density at radius 2 is 1.91 bits per heavy atom. The number of carbonyl (C=O) groups excluding carboxylic acids is 1. The summed E-state index contributed by atoms with van der Waals surface area (Å²) < 4.78 is 0. The van der Waals surface area contributed by atoms with Crippen molar-refractivity contribution in [1.82, 2.24) is 19.8 Å². The van der Waals surface area contributed by atoms with E-state index in [2.05, 4.69) is 19.8 Å². The van der Waals surface area contributed by atoms with Crippen LogP contribution in [0, 0.1) is 0 Å². The van der Waals surface area contributed by atoms with Gasteiger partial charge in [-0.2, -0.15) is 4.98 Å². The lowest BCUT2D eigenvalue weighted by Gasteiger charge is -2.36. The molecule has 0 aromatic carbocycles. The van der Waals surface area contributed by atoms with E-state index in [0.717, 1.165) is 70.4 Å². The number of carbonyl (C=O) groups is 1. The highest BCUT2D eigenvalue weighted by Crippen LogP contribution is 2.16. The third-order valence-corrected chi connectivity index (χ3v) is 4.58. The zero-order valence-corrected chi connectivity index (χ0v) is 14.1. The van der Waals surface area contributed by atoms with Crippen molar-refractivity contribution in [3.8, 4) is 0 Å². The molecule has 0 saturated carbocycles. The third-order valence-electron chi connectivity index (χ3n) is 4.58. The van der Waals surface area contributed by atoms with Gasteiger partial charge >= 0.3 is 0 Å². The van der Waals surface area contributed by atoms with Crippen molar-refractivity contribution in [3.63, 3.8) is 0 Å². The second-order valence-electron chi connectivity index (χ2n) is 6.42. The molecule has 1 aromatic heterocycles. The van der Waals surface area contributed by atoms with Crippen LogP contribution >= 0.6 is 0 Å². The van der Waals surface area contributed by atoms with Crippen molar-refractivity contribution < 1.29 is 4.79 Å². The molecule has 0 unspecified atom stereocenters. The lowest BCUT2D eigenvalue weighted by Crippen LogP contribution is -2.48. The maximum atomic E-state index is 11.7. The number of hydrogen-bond donors (Lipinski definition) is 0. The first kappa shape index (κ1) is 16.0. The van der Waals surface area contributed by atoms with Gasteiger partial charge in [0.25, 0.3) is 0 Å². The molecule has 0 aliphatic carbocycles. The Labute approximate surface area is 137 Å². The van der Waals surface area contributed by atoms with Crippen LogP contribution < -0.4 is 9.80 Å². The highest BCUT2D eigenvalue weighted by Gasteiger charge is 2.22. The minimum Gasteiger partial charge on any atom is -0.354 e. The van der Waals surface area contributed by atoms with Gasteiger partial charge in [0.1, 0.15) is 5.82 Å². The van der Waals surface area contributed by atoms with Gasteiger partial charge in [-0.15, -0.1) is 0 Å². The van der Waals surface area contributed by atoms with Crippen LogP contribution in [0.5, 0.6) is 0 Å². The van der Waals surface area contributed by atoms with E-state index < -0.39 is 0 Å². The maximum absolute atomic E-state index is 11.7. The van der Waals surface area contributed by atoms with Crippen LogP contribution in [0.15, 0.2) is 12.3 Å². The van der Waals surface area contributed by atoms with Gasteiger partial charge in [0.2, 0.25) is 11.9 Å². The number of aromatic nitrogens is 2. The molecule has 2 aliphatic heterocycles. The summed E-state index contributed by atoms with van der Waals surface area (Å²) in [7, 11) is 3.91. The Balaban J connectivity index is 1.48. The Kier molecular flexibility index (Phi) is 4.95. The molecule has 2 saturated heterocycles. The summed E-state index contributed by atoms with van der Waals surface area (Å²) in [4.78, 5) is 29.2. The van der Waals surface area contributed by atoms with Crippen LogP contribution in [0.1, 0.15) is 12.8 Å². The number of nitrogens with zero attached hydrogens (tertiary/aromatic N) is 6. The highest BCUT2D eigenvalue weighted by atomic mass is 16.2. The summed E-state index contributed by atoms with van der Waals surface area (Å²) in [5.74, 6) is 2.07. The van der Waals surface area contributed by atoms with Crippen molar-refractivity contribution in [3.05, 3.63) is 12.3 Å². The molecule has 0 spiro atoms. The molecule has 7 heteroatoms. The van der Waals surface area contributed by atoms with Gasteiger partial charge in [0, 0.05) is 72.5 Å². The number of amides is 1. The van der Waals surface area contributed by atoms with Crippen LogP contribution in [0.2, 0.25) is 0 Å². The topological polar surface area (TPSA) is 55.8 Å². The zero-order valence-electron chi connectivity index (χ0n) is 14.1. The summed E-state index contributed by atoms with van der Waals surface area (Å²) in [6, 6.07) is 1.98. The number of hydrogen-bond acceptors (Lipinski definition) is 6. The standard InChI is InChI=1S/C16H26N6O/c1-19(2)16-17-6-5-14(18-16)21-11-8-20(9-12-21)10-13-22-7-3-4-15(22)23/h5-6H,3-4,7-13H2,1-2H3. The summed E-state index contributed by atoms with van der Waals surface area (Å²) in [6.07, 6.45) is 3.58. The molecular weight excluding hydrogens is 292 g/mol. The minimum absolute atomic E-state index is 0.320. The molecule has 2 fully saturated rings. The summed E-state index contributed by atoms with van der Waals surface area (Å²) >= 11 is 0. The van der Waals surface area contributed by atoms with E-state index in [0.29, 0.717) is 5.91 Å². The molecule has 0 bridgehead atoms. The zero-order chi connectivity index (χ0) is 16.2. The Morgan fingerprint density at radius 3 is 2.57 bits per heavy atom. The largest absolute Gasteiger partial charge is 0.354 e. The van der Waals surface area contributed by atoms with Crippen molar-refractivity contribution >= 4 is 17.7 Å². The fourth-order valence-electron chi connectivity index (χ4n) is 3.13. The molecule has 0 atom stereocenters. The highest BCUT2D eigenvalue weighted by molar-refractivity contribution is 5.78. The Morgan fingerprint density at radius 1 is 1.13 bits per heavy atom. The molecule has 0 N–H and O–H groups in total. The van der Waals surface area contributed by atoms with Gasteiger partial charge in [0.15, 0.2) is 0 Å². The van der Waals surface area contributed by atoms with E-state index in [1.54, 1.807) is 0 Å². The lowest BCUT2D eigenvalue weighted by molar-refractivity contribution is -0.127. The van der Waals surface area contributed by atoms with Gasteiger partial charge in [-0.3, -0.25) is 9.69 Å². The second kappa shape index (κ2) is 7.12. The van der Waals surface area contributed by atoms with Gasteiger partial charge in [-0.05, 0) is 12.5 Å². The van der Waals surface area contributed by atoms with E-state index in [1.807, 2.05) is 36.2 Å². The second-order valence-corrected chi connectivity index (χ2v) is 6.42. The normalized spacial score (nSPS) is 19.5. The number of piperazine rings is 1. The first-order valence-corrected chi connectivity index (χ1v) is 8.39. The summed E-state index contributed by atoms with van der Waals surface area (Å²) in [5, 5.41) is 0. The van der Waals surface area contributed by atoms with E-state index in [4.69, 9.17) is 0 Å². The average Bonchev–Trinajstić information content (AvgIpc) is 2.98. The number of rotatable bonds is 5. The van der Waals surface area contributed by atoms with Crippen molar-refractivity contribution in [2.45, 2.75) is 12.8 Å². The van der Waals surface area contributed by atoms with Crippen molar-refractivity contribution in [2.75, 3.05) is 69.7 Å². The first-order valence-electron chi connectivity index (χ1n) is 8.39. The minimum atomic E-state index is 0.320. The Hall–Kier alpha value is -1.89. The predicted molar refractivity (Wildman–Crippen MR) is 90.8 cm³/mol. The van der Waals surface area contributed by atoms with E-state index in [9.17, 15) is 4.79 Å². The van der Waals surface area contributed by atoms with Gasteiger partial charge in [-0.25, -0.2) is 4.98 Å². The molecule has 3 heterocycles. The molecule has 0 radical (unpaired) electrons. The molecule has 126 valence electrons. The van der Waals surface area contributed by atoms with Crippen molar-refractivity contribution in [2.24, 2.45) is 0 Å². The fourth-order valence-corrected chi connectivity index (χ4v) is 3.13. The van der Waals surface area contributed by atoms with Crippen LogP contribution in [0.25, 0.3) is 0 Å². The van der Waals surface area contributed by atoms with Crippen molar-refractivity contribution in [1.29, 1.82) is 0 Å². The average molecular weight is 318 g/mol. The SMILES string of the molecule is CN(C)c1nccc(N2CCN(CCN3CCCC3=O)CC2)n1. The molecule has 2 aliphatic rings. The molecule has 23 heavy (non-hydrogen) atoms. The van der Waals surface area contributed by atoms with Gasteiger partial charge in [-0.1, -0.05) is 0 Å². The molecule has 7 nitrogen and oxygen atoms in total. The maximum Gasteiger partial charge on any atom is 0.226 e. The molecular formula is C16H26N6O. The predicted octanol–water partition coefficient (Wildman–Crippen LogP) is 0.287. The van der Waals surface area contributed by atoms with Crippen LogP contribution in [0.3, 0.4) is 0 Å². The van der Waals surface area contributed by atoms with Crippen LogP contribution in [-0.4, -0.2) is 85.6 Å². The summed E-state index contributed by atoms with van der Waals surface area (Å²) in [5.41, 5.74) is 0. The summed E-state index contributed by atoms with van der Waals surface area (Å²) in [6.45, 7) is 6.76. The number of anilines is 2. The first-order chi connectivity index (χ1) is 11.1. The number of likely N-dealkylation sites (tertiary alicyclic amines) is 1. The molecule has 1 amide bonds. The van der Waals surface area contributed by atoms with E-state index in [1.165, 1.54) is 0 Å². The quantitative estimate of drug-likeness (QED) is 0.778. The van der Waals surface area contributed by atoms with Crippen LogP contribution in [-0.2, 0) is 4.79 Å². The van der Waals surface area contributed by atoms with Gasteiger partial charge in [0.05, 0.1) is 0 Å². The Bertz CT molecular complexity index is 541. The molecule has 3 rings (SSSR count). The van der Waals surface area contributed by atoms with E-state index in [-0.39, 0.29) is 0 Å². The third kappa shape index (κ3) is 3.90.